The second-order valence-corrected chi connectivity index (χ2v) is 2.71. The molecule has 1 radical (unpaired) electrons. The predicted molar refractivity (Wildman–Crippen MR) is 41.9 cm³/mol. The van der Waals surface area contributed by atoms with Gasteiger partial charge in [-0.15, -0.1) is 10.2 Å². The van der Waals surface area contributed by atoms with Crippen LogP contribution in [0.15, 0.2) is 20.7 Å². The summed E-state index contributed by atoms with van der Waals surface area (Å²) in [6, 6.07) is 0. The van der Waals surface area contributed by atoms with Crippen LogP contribution in [-0.2, 0) is 0 Å². The van der Waals surface area contributed by atoms with Crippen LogP contribution in [0.3, 0.4) is 0 Å². The summed E-state index contributed by atoms with van der Waals surface area (Å²) in [6.07, 6.45) is 3.67. The Morgan fingerprint density at radius 1 is 1.18 bits per heavy atom. The van der Waals surface area contributed by atoms with Gasteiger partial charge in [0.2, 0.25) is 0 Å². The first-order chi connectivity index (χ1) is 5.33. The van der Waals surface area contributed by atoms with Crippen molar-refractivity contribution in [2.45, 2.75) is 38.3 Å². The summed E-state index contributed by atoms with van der Waals surface area (Å²) in [7, 11) is 0. The van der Waals surface area contributed by atoms with E-state index in [9.17, 15) is 0 Å². The molecule has 1 rings (SSSR count). The Bertz CT molecular complexity index is 153. The fourth-order valence-electron chi connectivity index (χ4n) is 1.23. The second-order valence-electron chi connectivity index (χ2n) is 2.71. The Hall–Kier alpha value is -0.800. The van der Waals surface area contributed by atoms with E-state index in [1.807, 2.05) is 0 Å². The summed E-state index contributed by atoms with van der Waals surface area (Å²) in [5.74, 6) is 0. The van der Waals surface area contributed by atoms with Crippen LogP contribution in [0.1, 0.15) is 32.6 Å². The molecule has 0 aromatic rings. The minimum atomic E-state index is -0.351. The van der Waals surface area contributed by atoms with E-state index in [1.165, 1.54) is 0 Å². The molecule has 0 bridgehead atoms. The van der Waals surface area contributed by atoms with Gasteiger partial charge < -0.3 is 0 Å². The third-order valence-corrected chi connectivity index (χ3v) is 1.73. The van der Waals surface area contributed by atoms with Crippen LogP contribution in [0.5, 0.6) is 0 Å². The number of nitrogens with zero attached hydrogens (tertiary/aromatic N) is 4. The molecule has 4 heteroatoms. The lowest BCUT2D eigenvalue weighted by atomic mass is 10.0. The molecule has 0 spiro atoms. The Balaban J connectivity index is 2.56. The van der Waals surface area contributed by atoms with Crippen LogP contribution in [0.4, 0.5) is 0 Å². The molecule has 1 aliphatic rings. The molecule has 11 heavy (non-hydrogen) atoms. The Labute approximate surface area is 66.8 Å². The maximum atomic E-state index is 4.00. The summed E-state index contributed by atoms with van der Waals surface area (Å²) in [6.45, 7) is 5.88. The van der Waals surface area contributed by atoms with E-state index in [1.54, 1.807) is 0 Å². The van der Waals surface area contributed by atoms with Crippen LogP contribution >= 0.6 is 0 Å². The third-order valence-electron chi connectivity index (χ3n) is 1.73. The molecule has 0 saturated heterocycles. The van der Waals surface area contributed by atoms with Gasteiger partial charge in [0.1, 0.15) is 0 Å². The minimum absolute atomic E-state index is 0.351. The Morgan fingerprint density at radius 2 is 1.82 bits per heavy atom. The van der Waals surface area contributed by atoms with Gasteiger partial charge in [0.15, 0.2) is 5.66 Å². The molecule has 0 aromatic heterocycles. The van der Waals surface area contributed by atoms with Gasteiger partial charge in [0.25, 0.3) is 0 Å². The van der Waals surface area contributed by atoms with Crippen molar-refractivity contribution in [1.82, 2.24) is 0 Å². The van der Waals surface area contributed by atoms with Crippen LogP contribution in [0, 0.1) is 6.92 Å². The fourth-order valence-corrected chi connectivity index (χ4v) is 1.23. The molecule has 1 aliphatic heterocycles. The number of rotatable bonds is 4. The predicted octanol–water partition coefficient (Wildman–Crippen LogP) is 2.93. The first-order valence-electron chi connectivity index (χ1n) is 3.96. The van der Waals surface area contributed by atoms with Gasteiger partial charge in [-0.2, -0.15) is 0 Å². The van der Waals surface area contributed by atoms with Crippen molar-refractivity contribution in [2.24, 2.45) is 20.7 Å². The van der Waals surface area contributed by atoms with Crippen molar-refractivity contribution in [3.05, 3.63) is 6.92 Å². The summed E-state index contributed by atoms with van der Waals surface area (Å²) >= 11 is 0. The molecule has 0 aromatic carbocycles. The molecular formula is C7H13N4. The van der Waals surface area contributed by atoms with E-state index < -0.39 is 0 Å². The van der Waals surface area contributed by atoms with E-state index in [0.717, 1.165) is 25.7 Å². The zero-order valence-corrected chi connectivity index (χ0v) is 6.82. The van der Waals surface area contributed by atoms with Gasteiger partial charge in [-0.25, -0.2) is 0 Å². The molecule has 0 atom stereocenters. The molecule has 1 heterocycles. The lowest BCUT2D eigenvalue weighted by Gasteiger charge is -2.16. The van der Waals surface area contributed by atoms with Crippen LogP contribution in [0.25, 0.3) is 0 Å². The minimum Gasteiger partial charge on any atom is -0.135 e. The van der Waals surface area contributed by atoms with E-state index in [-0.39, 0.29) is 5.66 Å². The van der Waals surface area contributed by atoms with Gasteiger partial charge in [-0.1, -0.05) is 20.3 Å². The highest BCUT2D eigenvalue weighted by Gasteiger charge is 2.30. The molecule has 0 amide bonds. The summed E-state index contributed by atoms with van der Waals surface area (Å²) in [5, 5.41) is 15.1. The molecule has 61 valence electrons. The van der Waals surface area contributed by atoms with E-state index in [2.05, 4.69) is 34.5 Å². The van der Waals surface area contributed by atoms with Crippen molar-refractivity contribution in [1.29, 1.82) is 0 Å². The standard InChI is InChI=1S/C7H13N4/c1-3-5-7(6-4-2)8-10-11-9-7/h1,3-6H2,2H3. The summed E-state index contributed by atoms with van der Waals surface area (Å²) in [4.78, 5) is 0. The highest BCUT2D eigenvalue weighted by Crippen LogP contribution is 2.30. The normalized spacial score (nSPS) is 19.5. The highest BCUT2D eigenvalue weighted by atomic mass is 15.6. The van der Waals surface area contributed by atoms with Gasteiger partial charge in [0.05, 0.1) is 0 Å². The van der Waals surface area contributed by atoms with Crippen LogP contribution in [0.2, 0.25) is 0 Å². The zero-order valence-electron chi connectivity index (χ0n) is 6.82. The van der Waals surface area contributed by atoms with Crippen molar-refractivity contribution in [3.8, 4) is 0 Å². The quantitative estimate of drug-likeness (QED) is 0.596. The average molecular weight is 153 g/mol. The molecule has 0 unspecified atom stereocenters. The second kappa shape index (κ2) is 3.55. The van der Waals surface area contributed by atoms with Crippen molar-refractivity contribution in [3.63, 3.8) is 0 Å². The van der Waals surface area contributed by atoms with Crippen molar-refractivity contribution >= 4 is 0 Å². The van der Waals surface area contributed by atoms with Gasteiger partial charge in [0, 0.05) is 0 Å². The topological polar surface area (TPSA) is 49.4 Å². The molecular weight excluding hydrogens is 140 g/mol. The van der Waals surface area contributed by atoms with E-state index in [0.29, 0.717) is 0 Å². The van der Waals surface area contributed by atoms with Crippen molar-refractivity contribution < 1.29 is 0 Å². The maximum absolute atomic E-state index is 4.00. The van der Waals surface area contributed by atoms with Crippen molar-refractivity contribution in [2.75, 3.05) is 0 Å². The molecule has 0 saturated carbocycles. The molecule has 0 fully saturated rings. The van der Waals surface area contributed by atoms with Gasteiger partial charge in [-0.05, 0) is 29.7 Å². The van der Waals surface area contributed by atoms with E-state index in [4.69, 9.17) is 0 Å². The smallest absolute Gasteiger partial charge is 0.135 e. The van der Waals surface area contributed by atoms with Crippen LogP contribution < -0.4 is 0 Å². The fraction of sp³-hybridized carbons (Fsp3) is 0.857. The van der Waals surface area contributed by atoms with Crippen LogP contribution in [-0.4, -0.2) is 5.66 Å². The zero-order chi connectivity index (χ0) is 8.16. The maximum Gasteiger partial charge on any atom is 0.195 e. The average Bonchev–Trinajstić information content (AvgIpc) is 2.39. The monoisotopic (exact) mass is 153 g/mol. The summed E-state index contributed by atoms with van der Waals surface area (Å²) in [5.41, 5.74) is -0.351. The molecule has 4 nitrogen and oxygen atoms in total. The van der Waals surface area contributed by atoms with Gasteiger partial charge >= 0.3 is 0 Å². The van der Waals surface area contributed by atoms with E-state index >= 15 is 0 Å². The lowest BCUT2D eigenvalue weighted by Crippen LogP contribution is -2.20. The third kappa shape index (κ3) is 1.82. The lowest BCUT2D eigenvalue weighted by molar-refractivity contribution is 0.377. The van der Waals surface area contributed by atoms with Gasteiger partial charge in [-0.3, -0.25) is 0 Å². The number of hydrogen-bond donors (Lipinski definition) is 0. The largest absolute Gasteiger partial charge is 0.195 e. The first-order valence-corrected chi connectivity index (χ1v) is 3.96. The Morgan fingerprint density at radius 3 is 2.27 bits per heavy atom. The molecule has 0 aliphatic carbocycles. The molecule has 0 N–H and O–H groups in total. The Kier molecular flexibility index (Phi) is 2.68. The number of hydrogen-bond acceptors (Lipinski definition) is 4. The SMILES string of the molecule is [CH2]CCC1(CCC)N=NN=N1. The summed E-state index contributed by atoms with van der Waals surface area (Å²) < 4.78 is 0. The highest BCUT2D eigenvalue weighted by molar-refractivity contribution is 4.84. The first kappa shape index (κ1) is 8.30.